The minimum atomic E-state index is -4.09. The van der Waals surface area contributed by atoms with Crippen molar-refractivity contribution >= 4 is 41.7 Å². The monoisotopic (exact) mass is 450 g/mol. The van der Waals surface area contributed by atoms with Crippen molar-refractivity contribution in [3.8, 4) is 11.5 Å². The number of hydrogen-bond acceptors (Lipinski definition) is 6. The van der Waals surface area contributed by atoms with Gasteiger partial charge in [0.25, 0.3) is 10.0 Å². The summed E-state index contributed by atoms with van der Waals surface area (Å²) in [5, 5.41) is 5.12. The quantitative estimate of drug-likeness (QED) is 0.692. The number of hydrogen-bond donors (Lipinski definition) is 2. The van der Waals surface area contributed by atoms with Crippen LogP contribution in [-0.2, 0) is 20.0 Å². The lowest BCUT2D eigenvalue weighted by molar-refractivity contribution is 0.403. The SMILES string of the molecule is COc1ccc(S(=O)(=O)Nc2ccc(OC)c(S(N)(=O)=O)c2)cc1Br. The van der Waals surface area contributed by atoms with Crippen molar-refractivity contribution in [1.82, 2.24) is 0 Å². The number of nitrogens with one attached hydrogen (secondary N) is 1. The van der Waals surface area contributed by atoms with Gasteiger partial charge in [0.1, 0.15) is 16.4 Å². The average molecular weight is 451 g/mol. The zero-order valence-electron chi connectivity index (χ0n) is 13.2. The van der Waals surface area contributed by atoms with Gasteiger partial charge in [0, 0.05) is 0 Å². The van der Waals surface area contributed by atoms with E-state index < -0.39 is 20.0 Å². The Labute approximate surface area is 154 Å². The second kappa shape index (κ2) is 7.20. The van der Waals surface area contributed by atoms with Crippen molar-refractivity contribution in [3.63, 3.8) is 0 Å². The molecule has 0 atom stereocenters. The topological polar surface area (TPSA) is 125 Å². The molecule has 2 aromatic rings. The van der Waals surface area contributed by atoms with Gasteiger partial charge in [-0.25, -0.2) is 22.0 Å². The largest absolute Gasteiger partial charge is 0.496 e. The predicted octanol–water partition coefficient (Wildman–Crippen LogP) is 1.91. The molecule has 3 N–H and O–H groups in total. The fraction of sp³-hybridized carbons (Fsp3) is 0.143. The van der Waals surface area contributed by atoms with E-state index in [1.54, 1.807) is 0 Å². The standard InChI is InChI=1S/C14H15BrN2O6S2/c1-22-12-6-4-10(8-11(12)15)25(20,21)17-9-3-5-13(23-2)14(7-9)24(16,18)19/h3-8,17H,1-2H3,(H2,16,18,19). The van der Waals surface area contributed by atoms with E-state index in [4.69, 9.17) is 14.6 Å². The Hall–Kier alpha value is -1.82. The number of primary sulfonamides is 1. The zero-order chi connectivity index (χ0) is 18.8. The first kappa shape index (κ1) is 19.5. The van der Waals surface area contributed by atoms with Crippen molar-refractivity contribution in [2.45, 2.75) is 9.79 Å². The molecule has 2 aromatic carbocycles. The van der Waals surface area contributed by atoms with Crippen LogP contribution in [0.1, 0.15) is 0 Å². The average Bonchev–Trinajstić information content (AvgIpc) is 2.53. The van der Waals surface area contributed by atoms with E-state index in [0.717, 1.165) is 6.07 Å². The number of anilines is 1. The molecule has 0 heterocycles. The molecule has 25 heavy (non-hydrogen) atoms. The van der Waals surface area contributed by atoms with E-state index in [9.17, 15) is 16.8 Å². The first-order valence-electron chi connectivity index (χ1n) is 6.65. The van der Waals surface area contributed by atoms with Crippen LogP contribution in [-0.4, -0.2) is 31.1 Å². The molecule has 0 saturated carbocycles. The molecule has 0 aromatic heterocycles. The molecule has 0 fully saturated rings. The summed E-state index contributed by atoms with van der Waals surface area (Å²) in [7, 11) is -5.31. The van der Waals surface area contributed by atoms with Gasteiger partial charge in [0.2, 0.25) is 10.0 Å². The number of benzene rings is 2. The first-order valence-corrected chi connectivity index (χ1v) is 10.5. The predicted molar refractivity (Wildman–Crippen MR) is 95.9 cm³/mol. The van der Waals surface area contributed by atoms with E-state index >= 15 is 0 Å². The molecule has 11 heteroatoms. The minimum absolute atomic E-state index is 0.0117. The Bertz CT molecular complexity index is 1010. The third-order valence-electron chi connectivity index (χ3n) is 3.16. The summed E-state index contributed by atoms with van der Waals surface area (Å²) in [6.07, 6.45) is 0. The van der Waals surface area contributed by atoms with Gasteiger partial charge >= 0.3 is 0 Å². The molecule has 0 saturated heterocycles. The number of halogens is 1. The Morgan fingerprint density at radius 3 is 2.08 bits per heavy atom. The van der Waals surface area contributed by atoms with Crippen LogP contribution in [0.5, 0.6) is 11.5 Å². The van der Waals surface area contributed by atoms with Crippen LogP contribution in [0.3, 0.4) is 0 Å². The minimum Gasteiger partial charge on any atom is -0.496 e. The van der Waals surface area contributed by atoms with Crippen molar-refractivity contribution in [2.24, 2.45) is 5.14 Å². The van der Waals surface area contributed by atoms with Crippen molar-refractivity contribution in [1.29, 1.82) is 0 Å². The summed E-state index contributed by atoms with van der Waals surface area (Å²) in [5.74, 6) is 0.484. The van der Waals surface area contributed by atoms with Crippen LogP contribution in [0.15, 0.2) is 50.7 Å². The van der Waals surface area contributed by atoms with Gasteiger partial charge in [-0.3, -0.25) is 4.72 Å². The molecule has 0 radical (unpaired) electrons. The van der Waals surface area contributed by atoms with Crippen molar-refractivity contribution in [2.75, 3.05) is 18.9 Å². The zero-order valence-corrected chi connectivity index (χ0v) is 16.4. The van der Waals surface area contributed by atoms with Gasteiger partial charge in [-0.05, 0) is 52.3 Å². The maximum atomic E-state index is 12.5. The van der Waals surface area contributed by atoms with E-state index in [2.05, 4.69) is 20.7 Å². The Morgan fingerprint density at radius 1 is 0.960 bits per heavy atom. The van der Waals surface area contributed by atoms with Crippen LogP contribution in [0.2, 0.25) is 0 Å². The van der Waals surface area contributed by atoms with E-state index in [1.165, 1.54) is 44.6 Å². The van der Waals surface area contributed by atoms with E-state index in [0.29, 0.717) is 10.2 Å². The summed E-state index contributed by atoms with van der Waals surface area (Å²) in [6.45, 7) is 0. The molecule has 0 spiro atoms. The van der Waals surface area contributed by atoms with Crippen molar-refractivity contribution < 1.29 is 26.3 Å². The number of sulfonamides is 2. The highest BCUT2D eigenvalue weighted by Crippen LogP contribution is 2.30. The second-order valence-electron chi connectivity index (χ2n) is 4.81. The van der Waals surface area contributed by atoms with Crippen LogP contribution in [0, 0.1) is 0 Å². The molecule has 0 bridgehead atoms. The summed E-state index contributed by atoms with van der Waals surface area (Å²) in [5.41, 5.74) is 0.0248. The van der Waals surface area contributed by atoms with Crippen LogP contribution < -0.4 is 19.3 Å². The maximum Gasteiger partial charge on any atom is 0.261 e. The number of rotatable bonds is 6. The molecule has 8 nitrogen and oxygen atoms in total. The molecule has 0 aliphatic carbocycles. The molecular weight excluding hydrogens is 436 g/mol. The Kier molecular flexibility index (Phi) is 5.62. The molecule has 0 aliphatic rings. The van der Waals surface area contributed by atoms with Gasteiger partial charge in [-0.2, -0.15) is 0 Å². The van der Waals surface area contributed by atoms with E-state index in [1.807, 2.05) is 0 Å². The fourth-order valence-electron chi connectivity index (χ4n) is 1.99. The molecule has 0 unspecified atom stereocenters. The van der Waals surface area contributed by atoms with E-state index in [-0.39, 0.29) is 21.2 Å². The lowest BCUT2D eigenvalue weighted by atomic mass is 10.3. The highest BCUT2D eigenvalue weighted by molar-refractivity contribution is 9.10. The van der Waals surface area contributed by atoms with Gasteiger partial charge < -0.3 is 9.47 Å². The fourth-order valence-corrected chi connectivity index (χ4v) is 4.48. The highest BCUT2D eigenvalue weighted by Gasteiger charge is 2.20. The third kappa shape index (κ3) is 4.42. The Morgan fingerprint density at radius 2 is 1.56 bits per heavy atom. The van der Waals surface area contributed by atoms with Crippen LogP contribution >= 0.6 is 15.9 Å². The van der Waals surface area contributed by atoms with Crippen LogP contribution in [0.25, 0.3) is 0 Å². The Balaban J connectivity index is 2.43. The summed E-state index contributed by atoms with van der Waals surface area (Å²) in [6, 6.07) is 7.97. The molecule has 0 amide bonds. The maximum absolute atomic E-state index is 12.5. The van der Waals surface area contributed by atoms with Gasteiger partial charge in [-0.1, -0.05) is 0 Å². The normalized spacial score (nSPS) is 11.8. The molecule has 2 rings (SSSR count). The highest BCUT2D eigenvalue weighted by atomic mass is 79.9. The van der Waals surface area contributed by atoms with Gasteiger partial charge in [0.15, 0.2) is 0 Å². The summed E-state index contributed by atoms with van der Waals surface area (Å²) < 4.78 is 60.9. The third-order valence-corrected chi connectivity index (χ3v) is 6.09. The van der Waals surface area contributed by atoms with Crippen LogP contribution in [0.4, 0.5) is 5.69 Å². The summed E-state index contributed by atoms with van der Waals surface area (Å²) in [4.78, 5) is -0.362. The smallest absolute Gasteiger partial charge is 0.261 e. The summed E-state index contributed by atoms with van der Waals surface area (Å²) >= 11 is 3.21. The number of ether oxygens (including phenoxy) is 2. The second-order valence-corrected chi connectivity index (χ2v) is 8.88. The van der Waals surface area contributed by atoms with Gasteiger partial charge in [0.05, 0.1) is 29.3 Å². The lowest BCUT2D eigenvalue weighted by Crippen LogP contribution is -2.16. The number of nitrogens with two attached hydrogens (primary N) is 1. The van der Waals surface area contributed by atoms with Gasteiger partial charge in [-0.15, -0.1) is 0 Å². The molecule has 136 valence electrons. The first-order chi connectivity index (χ1) is 11.6. The number of methoxy groups -OCH3 is 2. The molecular formula is C14H15BrN2O6S2. The van der Waals surface area contributed by atoms with Crippen molar-refractivity contribution in [3.05, 3.63) is 40.9 Å². The lowest BCUT2D eigenvalue weighted by Gasteiger charge is -2.12. The molecule has 0 aliphatic heterocycles.